The number of hydrogen-bond acceptors (Lipinski definition) is 7. The van der Waals surface area contributed by atoms with Crippen LogP contribution < -0.4 is 11.1 Å². The quantitative estimate of drug-likeness (QED) is 0.240. The van der Waals surface area contributed by atoms with Crippen LogP contribution in [-0.4, -0.2) is 44.5 Å². The van der Waals surface area contributed by atoms with Crippen LogP contribution in [0.15, 0.2) is 94.8 Å². The SMILES string of the molecule is COC(=O)c1ccc(C)c(-c2ccc3c(=O)[nH]ncc3c2)c1.Cc1ccc(C(=O)O)cc1-c1ccc2c(=O)[nH]ncc2c1. The minimum Gasteiger partial charge on any atom is -0.478 e. The van der Waals surface area contributed by atoms with Crippen LogP contribution in [0.1, 0.15) is 31.8 Å². The number of methoxy groups -OCH3 is 1. The Kier molecular flexibility index (Phi) is 7.93. The van der Waals surface area contributed by atoms with Gasteiger partial charge < -0.3 is 9.84 Å². The number of carbonyl (C=O) groups excluding carboxylic acids is 1. The van der Waals surface area contributed by atoms with Gasteiger partial charge in [-0.15, -0.1) is 0 Å². The van der Waals surface area contributed by atoms with Crippen molar-refractivity contribution in [3.63, 3.8) is 0 Å². The van der Waals surface area contributed by atoms with Gasteiger partial charge in [0.05, 0.1) is 41.4 Å². The van der Waals surface area contributed by atoms with E-state index in [4.69, 9.17) is 9.84 Å². The third kappa shape index (κ3) is 5.94. The van der Waals surface area contributed by atoms with Crippen molar-refractivity contribution in [3.05, 3.63) is 128 Å². The predicted octanol–water partition coefficient (Wildman–Crippen LogP) is 5.28. The van der Waals surface area contributed by atoms with Gasteiger partial charge in [0.25, 0.3) is 11.1 Å². The molecule has 6 aromatic rings. The normalized spacial score (nSPS) is 10.7. The van der Waals surface area contributed by atoms with E-state index in [1.807, 2.05) is 44.2 Å². The van der Waals surface area contributed by atoms with Gasteiger partial charge in [-0.25, -0.2) is 19.8 Å². The summed E-state index contributed by atoms with van der Waals surface area (Å²) in [5.41, 5.74) is 5.80. The number of fused-ring (bicyclic) bond motifs is 2. The van der Waals surface area contributed by atoms with E-state index in [0.29, 0.717) is 16.3 Å². The molecule has 0 atom stereocenters. The van der Waals surface area contributed by atoms with Crippen LogP contribution in [0.3, 0.4) is 0 Å². The molecule has 0 fully saturated rings. The molecule has 10 nitrogen and oxygen atoms in total. The number of H-pyrrole nitrogens is 2. The summed E-state index contributed by atoms with van der Waals surface area (Å²) in [6.45, 7) is 3.89. The highest BCUT2D eigenvalue weighted by Crippen LogP contribution is 2.28. The number of carboxylic acid groups (broad SMARTS) is 1. The lowest BCUT2D eigenvalue weighted by Crippen LogP contribution is -2.07. The van der Waals surface area contributed by atoms with Gasteiger partial charge in [0, 0.05) is 10.8 Å². The first kappa shape index (κ1) is 28.6. The van der Waals surface area contributed by atoms with Crippen LogP contribution in [0.5, 0.6) is 0 Å². The number of nitrogens with zero attached hydrogens (tertiary/aromatic N) is 2. The number of benzene rings is 4. The van der Waals surface area contributed by atoms with E-state index in [0.717, 1.165) is 44.2 Å². The number of rotatable bonds is 4. The lowest BCUT2D eigenvalue weighted by Gasteiger charge is -2.09. The molecule has 0 spiro atoms. The molecule has 0 amide bonds. The van der Waals surface area contributed by atoms with Gasteiger partial charge in [0.1, 0.15) is 0 Å². The molecule has 0 aliphatic carbocycles. The third-order valence-corrected chi connectivity index (χ3v) is 7.10. The van der Waals surface area contributed by atoms with E-state index >= 15 is 0 Å². The number of aryl methyl sites for hydroxylation is 2. The molecule has 43 heavy (non-hydrogen) atoms. The van der Waals surface area contributed by atoms with Crippen molar-refractivity contribution in [1.82, 2.24) is 20.4 Å². The Balaban J connectivity index is 0.000000171. The Morgan fingerprint density at radius 1 is 0.674 bits per heavy atom. The monoisotopic (exact) mass is 574 g/mol. The summed E-state index contributed by atoms with van der Waals surface area (Å²) in [6.07, 6.45) is 3.19. The van der Waals surface area contributed by atoms with Gasteiger partial charge in [0.15, 0.2) is 0 Å². The average molecular weight is 575 g/mol. The van der Waals surface area contributed by atoms with Crippen molar-refractivity contribution >= 4 is 33.5 Å². The summed E-state index contributed by atoms with van der Waals surface area (Å²) in [4.78, 5) is 46.1. The van der Waals surface area contributed by atoms with E-state index in [9.17, 15) is 19.2 Å². The highest BCUT2D eigenvalue weighted by atomic mass is 16.5. The van der Waals surface area contributed by atoms with Gasteiger partial charge in [-0.2, -0.15) is 10.2 Å². The molecule has 0 saturated heterocycles. The Morgan fingerprint density at radius 2 is 1.14 bits per heavy atom. The minimum atomic E-state index is -0.963. The van der Waals surface area contributed by atoms with Crippen molar-refractivity contribution in [2.24, 2.45) is 0 Å². The van der Waals surface area contributed by atoms with E-state index in [1.54, 1.807) is 54.9 Å². The number of carbonyl (C=O) groups is 2. The minimum absolute atomic E-state index is 0.218. The number of aromatic nitrogens is 4. The zero-order valence-corrected chi connectivity index (χ0v) is 23.5. The first-order chi connectivity index (χ1) is 20.7. The fraction of sp³-hybridized carbons (Fsp3) is 0.0909. The maximum absolute atomic E-state index is 11.7. The van der Waals surface area contributed by atoms with Gasteiger partial charge in [0.2, 0.25) is 0 Å². The maximum Gasteiger partial charge on any atom is 0.337 e. The van der Waals surface area contributed by atoms with E-state index in [2.05, 4.69) is 20.4 Å². The molecular formula is C33H26N4O6. The van der Waals surface area contributed by atoms with Gasteiger partial charge in [-0.1, -0.05) is 24.3 Å². The lowest BCUT2D eigenvalue weighted by molar-refractivity contribution is 0.0600. The van der Waals surface area contributed by atoms with E-state index in [1.165, 1.54) is 7.11 Å². The van der Waals surface area contributed by atoms with Gasteiger partial charge >= 0.3 is 11.9 Å². The first-order valence-electron chi connectivity index (χ1n) is 13.1. The molecule has 10 heteroatoms. The second kappa shape index (κ2) is 11.9. The second-order valence-electron chi connectivity index (χ2n) is 9.86. The van der Waals surface area contributed by atoms with Gasteiger partial charge in [-0.05, 0) is 95.8 Å². The van der Waals surface area contributed by atoms with Crippen molar-refractivity contribution in [1.29, 1.82) is 0 Å². The molecule has 0 unspecified atom stereocenters. The number of esters is 1. The zero-order chi connectivity index (χ0) is 30.7. The third-order valence-electron chi connectivity index (χ3n) is 7.10. The summed E-state index contributed by atoms with van der Waals surface area (Å²) >= 11 is 0. The topological polar surface area (TPSA) is 155 Å². The van der Waals surface area contributed by atoms with Gasteiger partial charge in [-0.3, -0.25) is 9.59 Å². The molecule has 0 aliphatic rings. The molecule has 0 radical (unpaired) electrons. The molecule has 3 N–H and O–H groups in total. The summed E-state index contributed by atoms with van der Waals surface area (Å²) in [5, 5.41) is 24.1. The van der Waals surface area contributed by atoms with Crippen LogP contribution >= 0.6 is 0 Å². The Hall–Kier alpha value is -5.90. The standard InChI is InChI=1S/C17H14N2O3.C16H12N2O3/c1-10-3-4-12(17(21)22-2)8-15(10)11-5-6-14-13(7-11)9-18-19-16(14)20;1-9-2-3-11(16(20)21)7-14(9)10-4-5-13-12(6-10)8-17-18-15(13)19/h3-9H,1-2H3,(H,19,20);2-8H,1H3,(H,18,19)(H,20,21). The second-order valence-corrected chi connectivity index (χ2v) is 9.86. The summed E-state index contributed by atoms with van der Waals surface area (Å²) < 4.78 is 4.76. The molecule has 0 bridgehead atoms. The number of nitrogens with one attached hydrogen (secondary N) is 2. The fourth-order valence-corrected chi connectivity index (χ4v) is 4.77. The van der Waals surface area contributed by atoms with Crippen LogP contribution in [0.25, 0.3) is 43.8 Å². The van der Waals surface area contributed by atoms with E-state index in [-0.39, 0.29) is 22.7 Å². The summed E-state index contributed by atoms with van der Waals surface area (Å²) in [7, 11) is 1.36. The molecule has 6 rings (SSSR count). The number of aromatic carboxylic acids is 1. The van der Waals surface area contributed by atoms with Crippen LogP contribution in [0.4, 0.5) is 0 Å². The smallest absolute Gasteiger partial charge is 0.337 e. The molecule has 2 heterocycles. The van der Waals surface area contributed by atoms with Crippen molar-refractivity contribution in [2.75, 3.05) is 7.11 Å². The number of ether oxygens (including phenoxy) is 1. The summed E-state index contributed by atoms with van der Waals surface area (Å²) in [6, 6.07) is 21.3. The number of aromatic amines is 2. The van der Waals surface area contributed by atoms with Crippen molar-refractivity contribution < 1.29 is 19.4 Å². The molecule has 2 aromatic heterocycles. The van der Waals surface area contributed by atoms with Crippen LogP contribution in [-0.2, 0) is 4.74 Å². The fourth-order valence-electron chi connectivity index (χ4n) is 4.77. The molecule has 0 aliphatic heterocycles. The Labute approximate surface area is 244 Å². The first-order valence-corrected chi connectivity index (χ1v) is 13.1. The Morgan fingerprint density at radius 3 is 1.60 bits per heavy atom. The number of hydrogen-bond donors (Lipinski definition) is 3. The highest BCUT2D eigenvalue weighted by Gasteiger charge is 2.11. The Bertz CT molecular complexity index is 2150. The molecular weight excluding hydrogens is 548 g/mol. The summed E-state index contributed by atoms with van der Waals surface area (Å²) in [5.74, 6) is -1.34. The maximum atomic E-state index is 11.7. The largest absolute Gasteiger partial charge is 0.478 e. The number of carboxylic acids is 1. The zero-order valence-electron chi connectivity index (χ0n) is 23.5. The molecule has 4 aromatic carbocycles. The van der Waals surface area contributed by atoms with Crippen molar-refractivity contribution in [2.45, 2.75) is 13.8 Å². The predicted molar refractivity (Wildman–Crippen MR) is 163 cm³/mol. The average Bonchev–Trinajstić information content (AvgIpc) is 3.01. The highest BCUT2D eigenvalue weighted by molar-refractivity contribution is 5.93. The van der Waals surface area contributed by atoms with Crippen LogP contribution in [0.2, 0.25) is 0 Å². The molecule has 214 valence electrons. The lowest BCUT2D eigenvalue weighted by atomic mass is 9.96. The van der Waals surface area contributed by atoms with E-state index < -0.39 is 5.97 Å². The van der Waals surface area contributed by atoms with Crippen LogP contribution in [0, 0.1) is 13.8 Å². The van der Waals surface area contributed by atoms with Crippen molar-refractivity contribution in [3.8, 4) is 22.3 Å². The molecule has 0 saturated carbocycles.